The molecule has 1 aliphatic heterocycles. The van der Waals surface area contributed by atoms with Crippen LogP contribution in [0.3, 0.4) is 0 Å². The van der Waals surface area contributed by atoms with Crippen molar-refractivity contribution in [3.8, 4) is 28.8 Å². The van der Waals surface area contributed by atoms with Gasteiger partial charge in [0.05, 0.1) is 25.0 Å². The summed E-state index contributed by atoms with van der Waals surface area (Å²) in [4.78, 5) is 25.1. The van der Waals surface area contributed by atoms with Crippen molar-refractivity contribution < 1.29 is 14.3 Å². The molecule has 0 radical (unpaired) electrons. The summed E-state index contributed by atoms with van der Waals surface area (Å²) in [5.74, 6) is 6.60. The Bertz CT molecular complexity index is 1110. The van der Waals surface area contributed by atoms with E-state index in [9.17, 15) is 9.59 Å². The molecule has 1 saturated carbocycles. The largest absolute Gasteiger partial charge is 0.495 e. The first-order valence-corrected chi connectivity index (χ1v) is 10.7. The van der Waals surface area contributed by atoms with Crippen LogP contribution in [0.4, 0.5) is 0 Å². The Hall–Kier alpha value is -3.00. The number of ether oxygens (including phenoxy) is 2. The summed E-state index contributed by atoms with van der Waals surface area (Å²) in [5.41, 5.74) is 3.56. The number of carbonyl (C=O) groups is 1. The lowest BCUT2D eigenvalue weighted by Crippen LogP contribution is -2.46. The molecule has 0 atom stereocenters. The second-order valence-corrected chi connectivity index (χ2v) is 8.04. The van der Waals surface area contributed by atoms with Gasteiger partial charge in [0.25, 0.3) is 0 Å². The summed E-state index contributed by atoms with van der Waals surface area (Å²) in [6, 6.07) is 5.67. The molecule has 5 heteroatoms. The summed E-state index contributed by atoms with van der Waals surface area (Å²) in [7, 11) is 1.64. The molecule has 2 heterocycles. The van der Waals surface area contributed by atoms with Gasteiger partial charge >= 0.3 is 5.97 Å². The molecule has 4 rings (SSSR count). The highest BCUT2D eigenvalue weighted by molar-refractivity contribution is 5.89. The Labute approximate surface area is 177 Å². The molecule has 30 heavy (non-hydrogen) atoms. The molecular weight excluding hydrogens is 378 g/mol. The molecule has 0 bridgehead atoms. The molecule has 5 nitrogen and oxygen atoms in total. The van der Waals surface area contributed by atoms with Crippen molar-refractivity contribution in [3.63, 3.8) is 0 Å². The van der Waals surface area contributed by atoms with Crippen LogP contribution < -0.4 is 10.2 Å². The van der Waals surface area contributed by atoms with Crippen LogP contribution in [0.15, 0.2) is 29.2 Å². The smallest absolute Gasteiger partial charge is 0.343 e. The Morgan fingerprint density at radius 3 is 2.67 bits per heavy atom. The summed E-state index contributed by atoms with van der Waals surface area (Å²) < 4.78 is 12.8. The molecule has 1 aromatic carbocycles. The van der Waals surface area contributed by atoms with Crippen LogP contribution in [0.1, 0.15) is 67.4 Å². The van der Waals surface area contributed by atoms with E-state index in [0.29, 0.717) is 5.75 Å². The average Bonchev–Trinajstić information content (AvgIpc) is 2.71. The van der Waals surface area contributed by atoms with Crippen LogP contribution in [0.5, 0.6) is 5.75 Å². The highest BCUT2D eigenvalue weighted by Gasteiger charge is 2.43. The van der Waals surface area contributed by atoms with Gasteiger partial charge in [-0.1, -0.05) is 18.8 Å². The molecule has 1 aliphatic carbocycles. The fourth-order valence-corrected chi connectivity index (χ4v) is 4.50. The van der Waals surface area contributed by atoms with Crippen molar-refractivity contribution in [3.05, 3.63) is 51.3 Å². The number of rotatable bonds is 4. The van der Waals surface area contributed by atoms with Crippen molar-refractivity contribution in [1.29, 1.82) is 0 Å². The molecule has 1 aromatic heterocycles. The predicted molar refractivity (Wildman–Crippen MR) is 116 cm³/mol. The zero-order valence-corrected chi connectivity index (χ0v) is 17.8. The molecule has 0 unspecified atom stereocenters. The van der Waals surface area contributed by atoms with Crippen LogP contribution in [0.25, 0.3) is 11.3 Å². The molecular formula is C25H27NO4. The van der Waals surface area contributed by atoms with Crippen molar-refractivity contribution >= 4 is 5.97 Å². The maximum Gasteiger partial charge on any atom is 0.343 e. The van der Waals surface area contributed by atoms with E-state index < -0.39 is 5.97 Å². The molecule has 0 N–H and O–H groups in total. The standard InChI is InChI=1S/C25H27NO4/c1-4-6-7-9-17-12-18-15-25(10-8-11-25)26-16-20(24(28)30-5-2)22(27)14-21(26)19(18)13-23(17)29-3/h12-14,16H,4-6,8,10-11,15H2,1-3H3. The van der Waals surface area contributed by atoms with E-state index in [1.807, 2.05) is 6.07 Å². The van der Waals surface area contributed by atoms with Crippen molar-refractivity contribution in [2.45, 2.75) is 57.9 Å². The molecule has 2 aromatic rings. The van der Waals surface area contributed by atoms with E-state index in [2.05, 4.69) is 29.4 Å². The summed E-state index contributed by atoms with van der Waals surface area (Å²) in [6.07, 6.45) is 7.60. The second kappa shape index (κ2) is 8.02. The number of unbranched alkanes of at least 4 members (excludes halogenated alkanes) is 1. The number of benzene rings is 1. The topological polar surface area (TPSA) is 57.5 Å². The van der Waals surface area contributed by atoms with Crippen molar-refractivity contribution in [2.24, 2.45) is 0 Å². The fourth-order valence-electron chi connectivity index (χ4n) is 4.50. The lowest BCUT2D eigenvalue weighted by Gasteiger charge is -2.48. The number of pyridine rings is 1. The van der Waals surface area contributed by atoms with E-state index in [4.69, 9.17) is 9.47 Å². The molecule has 0 saturated heterocycles. The Morgan fingerprint density at radius 1 is 1.23 bits per heavy atom. The maximum atomic E-state index is 12.8. The van der Waals surface area contributed by atoms with Crippen molar-refractivity contribution in [2.75, 3.05) is 13.7 Å². The quantitative estimate of drug-likeness (QED) is 0.563. The van der Waals surface area contributed by atoms with Crippen LogP contribution in [0, 0.1) is 11.8 Å². The van der Waals surface area contributed by atoms with E-state index >= 15 is 0 Å². The minimum atomic E-state index is -0.558. The molecule has 1 fully saturated rings. The van der Waals surface area contributed by atoms with Crippen LogP contribution in [0.2, 0.25) is 0 Å². The van der Waals surface area contributed by atoms with Gasteiger partial charge in [-0.2, -0.15) is 0 Å². The number of carbonyl (C=O) groups excluding carboxylic acids is 1. The third-order valence-corrected chi connectivity index (χ3v) is 6.16. The van der Waals surface area contributed by atoms with Gasteiger partial charge in [0.15, 0.2) is 5.43 Å². The lowest BCUT2D eigenvalue weighted by molar-refractivity contribution is 0.0521. The van der Waals surface area contributed by atoms with E-state index in [-0.39, 0.29) is 23.1 Å². The number of fused-ring (bicyclic) bond motifs is 4. The van der Waals surface area contributed by atoms with E-state index in [0.717, 1.165) is 55.3 Å². The summed E-state index contributed by atoms with van der Waals surface area (Å²) in [6.45, 7) is 4.09. The van der Waals surface area contributed by atoms with Crippen molar-refractivity contribution in [1.82, 2.24) is 4.57 Å². The summed E-state index contributed by atoms with van der Waals surface area (Å²) in [5, 5.41) is 0. The average molecular weight is 405 g/mol. The fraction of sp³-hybridized carbons (Fsp3) is 0.440. The first kappa shape index (κ1) is 20.3. The van der Waals surface area contributed by atoms with E-state index in [1.165, 1.54) is 5.56 Å². The highest BCUT2D eigenvalue weighted by atomic mass is 16.5. The summed E-state index contributed by atoms with van der Waals surface area (Å²) >= 11 is 0. The van der Waals surface area contributed by atoms with Crippen LogP contribution in [-0.4, -0.2) is 24.3 Å². The van der Waals surface area contributed by atoms with Gasteiger partial charge in [0, 0.05) is 29.8 Å². The lowest BCUT2D eigenvalue weighted by atomic mass is 9.69. The normalized spacial score (nSPS) is 15.3. The second-order valence-electron chi connectivity index (χ2n) is 8.04. The predicted octanol–water partition coefficient (Wildman–Crippen LogP) is 4.29. The molecule has 156 valence electrons. The Kier molecular flexibility index (Phi) is 5.42. The zero-order valence-electron chi connectivity index (χ0n) is 17.8. The van der Waals surface area contributed by atoms with Gasteiger partial charge in [0.1, 0.15) is 11.3 Å². The van der Waals surface area contributed by atoms with Gasteiger partial charge < -0.3 is 14.0 Å². The third-order valence-electron chi connectivity index (χ3n) is 6.16. The number of hydrogen-bond donors (Lipinski definition) is 0. The Balaban J connectivity index is 1.89. The minimum absolute atomic E-state index is 0.0972. The third kappa shape index (κ3) is 3.31. The van der Waals surface area contributed by atoms with Gasteiger partial charge in [-0.05, 0) is 56.7 Å². The first-order valence-electron chi connectivity index (χ1n) is 10.7. The maximum absolute atomic E-state index is 12.8. The number of hydrogen-bond acceptors (Lipinski definition) is 4. The van der Waals surface area contributed by atoms with E-state index in [1.54, 1.807) is 26.3 Å². The Morgan fingerprint density at radius 2 is 2.03 bits per heavy atom. The molecule has 2 aliphatic rings. The molecule has 0 amide bonds. The zero-order chi connectivity index (χ0) is 21.3. The highest BCUT2D eigenvalue weighted by Crippen LogP contribution is 2.49. The van der Waals surface area contributed by atoms with Gasteiger partial charge in [-0.25, -0.2) is 4.79 Å². The van der Waals surface area contributed by atoms with Gasteiger partial charge in [0.2, 0.25) is 0 Å². The monoisotopic (exact) mass is 405 g/mol. The first-order chi connectivity index (χ1) is 14.5. The number of nitrogens with zero attached hydrogens (tertiary/aromatic N) is 1. The number of aromatic nitrogens is 1. The number of esters is 1. The van der Waals surface area contributed by atoms with Crippen LogP contribution in [-0.2, 0) is 16.7 Å². The number of methoxy groups -OCH3 is 1. The minimum Gasteiger partial charge on any atom is -0.495 e. The molecule has 1 spiro atoms. The van der Waals surface area contributed by atoms with Gasteiger partial charge in [-0.3, -0.25) is 4.79 Å². The van der Waals surface area contributed by atoms with Crippen LogP contribution >= 0.6 is 0 Å². The van der Waals surface area contributed by atoms with Gasteiger partial charge in [-0.15, -0.1) is 0 Å². The SMILES string of the molecule is CCCC#Cc1cc2c(cc1OC)-c1cc(=O)c(C(=O)OCC)cn1C1(CCC1)C2.